The molecule has 0 aliphatic heterocycles. The van der Waals surface area contributed by atoms with Gasteiger partial charge >= 0.3 is 5.97 Å². The fraction of sp³-hybridized carbons (Fsp3) is 0.286. The van der Waals surface area contributed by atoms with Gasteiger partial charge in [-0.3, -0.25) is 0 Å². The van der Waals surface area contributed by atoms with E-state index in [0.29, 0.717) is 0 Å². The maximum Gasteiger partial charge on any atom is 0.349 e. The van der Waals surface area contributed by atoms with Crippen molar-refractivity contribution in [3.05, 3.63) is 38.5 Å². The Balaban J connectivity index is 2.48. The Labute approximate surface area is 120 Å². The molecule has 1 aromatic carbocycles. The molecule has 92 valence electrons. The first-order valence-corrected chi connectivity index (χ1v) is 6.84. The number of rotatable bonds is 2. The van der Waals surface area contributed by atoms with E-state index in [0.717, 1.165) is 24.0 Å². The number of allylic oxidation sites excluding steroid dienone is 1. The molecule has 3 nitrogen and oxygen atoms in total. The summed E-state index contributed by atoms with van der Waals surface area (Å²) in [5.41, 5.74) is 3.19. The number of aryl methyl sites for hydroxylation is 1. The number of nitriles is 1. The molecule has 0 saturated heterocycles. The van der Waals surface area contributed by atoms with Crippen LogP contribution in [-0.2, 0) is 16.0 Å². The first-order valence-electron chi connectivity index (χ1n) is 5.76. The minimum absolute atomic E-state index is 0.150. The lowest BCUT2D eigenvalue weighted by Crippen LogP contribution is -2.08. The molecule has 0 unspecified atom stereocenters. The highest BCUT2D eigenvalue weighted by molar-refractivity contribution is 14.1. The van der Waals surface area contributed by atoms with E-state index in [1.54, 1.807) is 6.92 Å². The van der Waals surface area contributed by atoms with Crippen LogP contribution in [0.5, 0.6) is 0 Å². The molecule has 0 spiro atoms. The van der Waals surface area contributed by atoms with Gasteiger partial charge in [-0.2, -0.15) is 5.26 Å². The van der Waals surface area contributed by atoms with Gasteiger partial charge in [-0.15, -0.1) is 0 Å². The second-order valence-electron chi connectivity index (χ2n) is 3.99. The Kier molecular flexibility index (Phi) is 4.02. The summed E-state index contributed by atoms with van der Waals surface area (Å²) in [7, 11) is 0. The summed E-state index contributed by atoms with van der Waals surface area (Å²) in [4.78, 5) is 11.7. The molecule has 0 radical (unpaired) electrons. The molecule has 2 rings (SSSR count). The molecule has 0 atom stereocenters. The van der Waals surface area contributed by atoms with Crippen molar-refractivity contribution in [1.29, 1.82) is 5.26 Å². The van der Waals surface area contributed by atoms with E-state index >= 15 is 0 Å². The van der Waals surface area contributed by atoms with Gasteiger partial charge in [0.25, 0.3) is 0 Å². The average Bonchev–Trinajstić information content (AvgIpc) is 2.73. The third kappa shape index (κ3) is 2.41. The molecule has 0 heterocycles. The molecule has 1 aromatic rings. The number of esters is 1. The lowest BCUT2D eigenvalue weighted by Gasteiger charge is -2.05. The summed E-state index contributed by atoms with van der Waals surface area (Å²) in [6.45, 7) is 2.03. The molecule has 0 fully saturated rings. The summed E-state index contributed by atoms with van der Waals surface area (Å²) >= 11 is 2.26. The standard InChI is InChI=1S/C14H12INO2/c1-2-18-14(17)13(8-16)12-5-3-9-7-10(15)4-6-11(9)12/h4,6-7H,2-3,5H2,1H3. The molecular formula is C14H12INO2. The van der Waals surface area contributed by atoms with Crippen LogP contribution in [0, 0.1) is 14.9 Å². The van der Waals surface area contributed by atoms with Crippen molar-refractivity contribution in [2.75, 3.05) is 6.61 Å². The second kappa shape index (κ2) is 5.53. The van der Waals surface area contributed by atoms with Crippen LogP contribution < -0.4 is 0 Å². The van der Waals surface area contributed by atoms with Crippen molar-refractivity contribution >= 4 is 34.1 Å². The van der Waals surface area contributed by atoms with Gasteiger partial charge in [0.1, 0.15) is 11.6 Å². The highest BCUT2D eigenvalue weighted by Gasteiger charge is 2.24. The third-order valence-corrected chi connectivity index (χ3v) is 3.60. The number of ether oxygens (including phenoxy) is 1. The Hall–Kier alpha value is -1.35. The number of hydrogen-bond acceptors (Lipinski definition) is 3. The van der Waals surface area contributed by atoms with Crippen LogP contribution in [-0.4, -0.2) is 12.6 Å². The number of nitrogens with zero attached hydrogens (tertiary/aromatic N) is 1. The molecule has 0 saturated carbocycles. The topological polar surface area (TPSA) is 50.1 Å². The molecular weight excluding hydrogens is 341 g/mol. The van der Waals surface area contributed by atoms with Crippen molar-refractivity contribution in [1.82, 2.24) is 0 Å². The van der Waals surface area contributed by atoms with E-state index in [-0.39, 0.29) is 12.2 Å². The molecule has 4 heteroatoms. The predicted molar refractivity (Wildman–Crippen MR) is 76.6 cm³/mol. The largest absolute Gasteiger partial charge is 0.462 e. The quantitative estimate of drug-likeness (QED) is 0.355. The van der Waals surface area contributed by atoms with Gasteiger partial charge in [0.05, 0.1) is 6.61 Å². The SMILES string of the molecule is CCOC(=O)C(C#N)=C1CCc2cc(I)ccc21. The minimum Gasteiger partial charge on any atom is -0.462 e. The number of carbonyl (C=O) groups excluding carboxylic acids is 1. The first kappa shape index (κ1) is 13.1. The Morgan fingerprint density at radius 3 is 2.94 bits per heavy atom. The Morgan fingerprint density at radius 1 is 1.50 bits per heavy atom. The van der Waals surface area contributed by atoms with Crippen molar-refractivity contribution in [2.45, 2.75) is 19.8 Å². The lowest BCUT2D eigenvalue weighted by molar-refractivity contribution is -0.137. The van der Waals surface area contributed by atoms with Crippen LogP contribution in [0.2, 0.25) is 0 Å². The van der Waals surface area contributed by atoms with Crippen molar-refractivity contribution < 1.29 is 9.53 Å². The van der Waals surface area contributed by atoms with E-state index in [4.69, 9.17) is 10.00 Å². The molecule has 1 aliphatic carbocycles. The molecule has 0 aromatic heterocycles. The summed E-state index contributed by atoms with van der Waals surface area (Å²) in [6, 6.07) is 8.06. The predicted octanol–water partition coefficient (Wildman–Crippen LogP) is 3.08. The van der Waals surface area contributed by atoms with Gasteiger partial charge in [-0.05, 0) is 71.2 Å². The highest BCUT2D eigenvalue weighted by Crippen LogP contribution is 2.35. The maximum atomic E-state index is 11.7. The highest BCUT2D eigenvalue weighted by atomic mass is 127. The fourth-order valence-electron chi connectivity index (χ4n) is 2.16. The normalized spacial score (nSPS) is 15.8. The monoisotopic (exact) mass is 353 g/mol. The van der Waals surface area contributed by atoms with Crippen LogP contribution in [0.1, 0.15) is 24.5 Å². The summed E-state index contributed by atoms with van der Waals surface area (Å²) in [5.74, 6) is -0.513. The smallest absolute Gasteiger partial charge is 0.349 e. The first-order chi connectivity index (χ1) is 8.67. The van der Waals surface area contributed by atoms with E-state index in [2.05, 4.69) is 28.7 Å². The zero-order valence-electron chi connectivity index (χ0n) is 10.00. The van der Waals surface area contributed by atoms with Gasteiger partial charge in [-0.1, -0.05) is 6.07 Å². The molecule has 18 heavy (non-hydrogen) atoms. The third-order valence-electron chi connectivity index (χ3n) is 2.93. The van der Waals surface area contributed by atoms with Crippen molar-refractivity contribution in [3.8, 4) is 6.07 Å². The van der Waals surface area contributed by atoms with Crippen LogP contribution in [0.15, 0.2) is 23.8 Å². The lowest BCUT2D eigenvalue weighted by atomic mass is 10.0. The number of hydrogen-bond donors (Lipinski definition) is 0. The zero-order valence-corrected chi connectivity index (χ0v) is 12.2. The zero-order chi connectivity index (χ0) is 13.1. The number of carbonyl (C=O) groups is 1. The average molecular weight is 353 g/mol. The molecule has 1 aliphatic rings. The number of halogens is 1. The second-order valence-corrected chi connectivity index (χ2v) is 5.23. The molecule has 0 N–H and O–H groups in total. The van der Waals surface area contributed by atoms with Gasteiger partial charge in [0.15, 0.2) is 0 Å². The Bertz CT molecular complexity index is 570. The van der Waals surface area contributed by atoms with E-state index in [9.17, 15) is 4.79 Å². The van der Waals surface area contributed by atoms with Crippen molar-refractivity contribution in [2.24, 2.45) is 0 Å². The van der Waals surface area contributed by atoms with Gasteiger partial charge in [0, 0.05) is 3.57 Å². The summed E-state index contributed by atoms with van der Waals surface area (Å²) in [6.07, 6.45) is 1.61. The molecule has 0 amide bonds. The summed E-state index contributed by atoms with van der Waals surface area (Å²) in [5, 5.41) is 9.15. The van der Waals surface area contributed by atoms with Gasteiger partial charge in [-0.25, -0.2) is 4.79 Å². The molecule has 0 bridgehead atoms. The van der Waals surface area contributed by atoms with E-state index < -0.39 is 5.97 Å². The van der Waals surface area contributed by atoms with Crippen LogP contribution in [0.3, 0.4) is 0 Å². The van der Waals surface area contributed by atoms with Crippen LogP contribution >= 0.6 is 22.6 Å². The Morgan fingerprint density at radius 2 is 2.28 bits per heavy atom. The fourth-order valence-corrected chi connectivity index (χ4v) is 2.71. The van der Waals surface area contributed by atoms with Crippen LogP contribution in [0.25, 0.3) is 5.57 Å². The maximum absolute atomic E-state index is 11.7. The van der Waals surface area contributed by atoms with Crippen molar-refractivity contribution in [3.63, 3.8) is 0 Å². The number of fused-ring (bicyclic) bond motifs is 1. The van der Waals surface area contributed by atoms with Gasteiger partial charge in [0.2, 0.25) is 0 Å². The summed E-state index contributed by atoms with van der Waals surface area (Å²) < 4.78 is 6.09. The number of benzene rings is 1. The van der Waals surface area contributed by atoms with Crippen LogP contribution in [0.4, 0.5) is 0 Å². The minimum atomic E-state index is -0.513. The van der Waals surface area contributed by atoms with E-state index in [1.807, 2.05) is 18.2 Å². The van der Waals surface area contributed by atoms with Gasteiger partial charge < -0.3 is 4.74 Å². The van der Waals surface area contributed by atoms with E-state index in [1.165, 1.54) is 9.13 Å².